The molecular formula is C22H37N5. The molecule has 2 aromatic rings. The van der Waals surface area contributed by atoms with Crippen LogP contribution in [-0.4, -0.2) is 25.1 Å². The summed E-state index contributed by atoms with van der Waals surface area (Å²) in [6.07, 6.45) is 0. The van der Waals surface area contributed by atoms with Crippen LogP contribution in [0.3, 0.4) is 0 Å². The van der Waals surface area contributed by atoms with Crippen LogP contribution in [0, 0.1) is 0 Å². The van der Waals surface area contributed by atoms with E-state index in [1.54, 1.807) is 0 Å². The number of hydrogen-bond donors (Lipinski definition) is 0. The number of hydrogen-bond acceptors (Lipinski definition) is 5. The van der Waals surface area contributed by atoms with Crippen molar-refractivity contribution >= 4 is 0 Å². The second kappa shape index (κ2) is 10.4. The van der Waals surface area contributed by atoms with E-state index in [9.17, 15) is 0 Å². The molecule has 0 spiro atoms. The smallest absolute Gasteiger partial charge is 0.135 e. The summed E-state index contributed by atoms with van der Waals surface area (Å²) in [5.74, 6) is 4.78. The zero-order chi connectivity index (χ0) is 20.7. The van der Waals surface area contributed by atoms with Crippen molar-refractivity contribution in [3.8, 4) is 0 Å². The van der Waals surface area contributed by atoms with E-state index in [2.05, 4.69) is 107 Å². The first-order chi connectivity index (χ1) is 12.5. The monoisotopic (exact) mass is 371 g/mol. The number of nitrogens with zero attached hydrogens (tertiary/aromatic N) is 5. The molecule has 0 aromatic carbocycles. The molecule has 5 heteroatoms. The highest BCUT2D eigenvalue weighted by molar-refractivity contribution is 5.11. The highest BCUT2D eigenvalue weighted by Gasteiger charge is 2.13. The first-order valence-electron chi connectivity index (χ1n) is 10.1. The summed E-state index contributed by atoms with van der Waals surface area (Å²) in [4.78, 5) is 13.5. The molecule has 5 nitrogen and oxygen atoms in total. The Morgan fingerprint density at radius 2 is 0.704 bits per heavy atom. The Morgan fingerprint density at radius 1 is 0.444 bits per heavy atom. The molecule has 0 saturated carbocycles. The highest BCUT2D eigenvalue weighted by Crippen LogP contribution is 2.18. The van der Waals surface area contributed by atoms with Crippen LogP contribution in [0.5, 0.6) is 0 Å². The van der Waals surface area contributed by atoms with Crippen LogP contribution in [0.2, 0.25) is 0 Å². The Hall–Kier alpha value is -1.91. The van der Waals surface area contributed by atoms with Gasteiger partial charge < -0.3 is 0 Å². The largest absolute Gasteiger partial charge is 0.217 e. The molecule has 0 saturated heterocycles. The molecule has 2 rings (SSSR count). The van der Waals surface area contributed by atoms with Crippen LogP contribution in [0.25, 0.3) is 0 Å². The first-order valence-corrected chi connectivity index (χ1v) is 10.1. The molecule has 150 valence electrons. The molecule has 0 bridgehead atoms. The predicted octanol–water partition coefficient (Wildman–Crippen LogP) is 5.97. The molecule has 2 heterocycles. The van der Waals surface area contributed by atoms with Gasteiger partial charge in [0.1, 0.15) is 17.5 Å². The topological polar surface area (TPSA) is 64.5 Å². The van der Waals surface area contributed by atoms with Crippen molar-refractivity contribution in [2.75, 3.05) is 0 Å². The molecule has 0 radical (unpaired) electrons. The van der Waals surface area contributed by atoms with Crippen molar-refractivity contribution in [3.05, 3.63) is 41.0 Å². The Bertz CT molecular complexity index is 597. The normalized spacial score (nSPS) is 11.5. The molecular weight excluding hydrogens is 334 g/mol. The van der Waals surface area contributed by atoms with Gasteiger partial charge in [0.15, 0.2) is 0 Å². The lowest BCUT2D eigenvalue weighted by atomic mass is 10.1. The van der Waals surface area contributed by atoms with Gasteiger partial charge in [-0.2, -0.15) is 10.2 Å². The van der Waals surface area contributed by atoms with E-state index < -0.39 is 0 Å². The minimum atomic E-state index is 0.364. The molecule has 0 amide bonds. The van der Waals surface area contributed by atoms with Gasteiger partial charge in [-0.25, -0.2) is 15.0 Å². The van der Waals surface area contributed by atoms with Gasteiger partial charge in [0.25, 0.3) is 0 Å². The van der Waals surface area contributed by atoms with Crippen molar-refractivity contribution in [2.45, 2.75) is 98.8 Å². The van der Waals surface area contributed by atoms with Crippen LogP contribution in [0.4, 0.5) is 0 Å². The lowest BCUT2D eigenvalue weighted by Crippen LogP contribution is -2.11. The second-order valence-electron chi connectivity index (χ2n) is 8.57. The SMILES string of the molecule is CC(C)c1ccc(C(C)C)nn1.CC(C)c1nc(C(C)C)nc(C(C)C)n1. The van der Waals surface area contributed by atoms with Crippen molar-refractivity contribution in [1.29, 1.82) is 0 Å². The Labute approximate surface area is 165 Å². The quantitative estimate of drug-likeness (QED) is 0.648. The fraction of sp³-hybridized carbons (Fsp3) is 0.682. The molecule has 0 aliphatic rings. The van der Waals surface area contributed by atoms with Gasteiger partial charge in [-0.15, -0.1) is 0 Å². The summed E-state index contributed by atoms with van der Waals surface area (Å²) in [5.41, 5.74) is 2.14. The third kappa shape index (κ3) is 7.31. The van der Waals surface area contributed by atoms with E-state index >= 15 is 0 Å². The van der Waals surface area contributed by atoms with Gasteiger partial charge in [0.05, 0.1) is 11.4 Å². The maximum absolute atomic E-state index is 4.49. The average molecular weight is 372 g/mol. The van der Waals surface area contributed by atoms with E-state index in [1.165, 1.54) is 0 Å². The van der Waals surface area contributed by atoms with Gasteiger partial charge in [-0.3, -0.25) is 0 Å². The maximum Gasteiger partial charge on any atom is 0.135 e. The van der Waals surface area contributed by atoms with Crippen LogP contribution >= 0.6 is 0 Å². The number of rotatable bonds is 5. The minimum Gasteiger partial charge on any atom is -0.217 e. The maximum atomic E-state index is 4.49. The summed E-state index contributed by atoms with van der Waals surface area (Å²) < 4.78 is 0. The fourth-order valence-corrected chi connectivity index (χ4v) is 2.17. The van der Waals surface area contributed by atoms with Crippen molar-refractivity contribution in [1.82, 2.24) is 25.1 Å². The lowest BCUT2D eigenvalue weighted by molar-refractivity contribution is 0.644. The Morgan fingerprint density at radius 3 is 0.852 bits per heavy atom. The lowest BCUT2D eigenvalue weighted by Gasteiger charge is -2.12. The van der Waals surface area contributed by atoms with E-state index in [4.69, 9.17) is 0 Å². The zero-order valence-corrected chi connectivity index (χ0v) is 18.8. The highest BCUT2D eigenvalue weighted by atomic mass is 15.1. The van der Waals surface area contributed by atoms with Gasteiger partial charge in [-0.1, -0.05) is 69.2 Å². The third-order valence-corrected chi connectivity index (χ3v) is 4.13. The summed E-state index contributed by atoms with van der Waals surface area (Å²) in [6, 6.07) is 4.12. The van der Waals surface area contributed by atoms with Crippen LogP contribution in [0.1, 0.15) is 128 Å². The summed E-state index contributed by atoms with van der Waals surface area (Å²) in [5, 5.41) is 8.30. The van der Waals surface area contributed by atoms with E-state index in [1.807, 2.05) is 0 Å². The van der Waals surface area contributed by atoms with Crippen LogP contribution < -0.4 is 0 Å². The molecule has 27 heavy (non-hydrogen) atoms. The fourth-order valence-electron chi connectivity index (χ4n) is 2.17. The van der Waals surface area contributed by atoms with Gasteiger partial charge in [0, 0.05) is 17.8 Å². The Kier molecular flexibility index (Phi) is 8.94. The van der Waals surface area contributed by atoms with Crippen molar-refractivity contribution in [3.63, 3.8) is 0 Å². The zero-order valence-electron chi connectivity index (χ0n) is 18.8. The average Bonchev–Trinajstić information content (AvgIpc) is 2.61. The molecule has 0 fully saturated rings. The molecule has 0 aliphatic carbocycles. The van der Waals surface area contributed by atoms with Crippen LogP contribution in [-0.2, 0) is 0 Å². The van der Waals surface area contributed by atoms with E-state index in [0.29, 0.717) is 29.6 Å². The van der Waals surface area contributed by atoms with E-state index in [-0.39, 0.29) is 0 Å². The van der Waals surface area contributed by atoms with Gasteiger partial charge >= 0.3 is 0 Å². The summed E-state index contributed by atoms with van der Waals surface area (Å²) >= 11 is 0. The minimum absolute atomic E-state index is 0.364. The van der Waals surface area contributed by atoms with Crippen molar-refractivity contribution in [2.24, 2.45) is 0 Å². The summed E-state index contributed by atoms with van der Waals surface area (Å²) in [6.45, 7) is 21.2. The third-order valence-electron chi connectivity index (χ3n) is 4.13. The Balaban J connectivity index is 0.000000277. The molecule has 0 N–H and O–H groups in total. The molecule has 0 atom stereocenters. The van der Waals surface area contributed by atoms with Gasteiger partial charge in [-0.05, 0) is 24.0 Å². The summed E-state index contributed by atoms with van der Waals surface area (Å²) in [7, 11) is 0. The van der Waals surface area contributed by atoms with Crippen molar-refractivity contribution < 1.29 is 0 Å². The molecule has 2 aromatic heterocycles. The van der Waals surface area contributed by atoms with Crippen LogP contribution in [0.15, 0.2) is 12.1 Å². The molecule has 0 aliphatic heterocycles. The second-order valence-corrected chi connectivity index (χ2v) is 8.57. The first kappa shape index (κ1) is 23.1. The van der Waals surface area contributed by atoms with Gasteiger partial charge in [0.2, 0.25) is 0 Å². The number of aromatic nitrogens is 5. The predicted molar refractivity (Wildman–Crippen MR) is 112 cm³/mol. The standard InChI is InChI=1S/C12H21N3.C10H16N2/c1-7(2)10-13-11(8(3)4)15-12(14-10)9(5)6;1-7(2)9-5-6-10(8(3)4)12-11-9/h7-9H,1-6H3;5-8H,1-4H3. The molecule has 0 unspecified atom stereocenters. The van der Waals surface area contributed by atoms with E-state index in [0.717, 1.165) is 28.9 Å².